The molecule has 1 aromatic carbocycles. The van der Waals surface area contributed by atoms with Crippen molar-refractivity contribution < 1.29 is 0 Å². The third-order valence-electron chi connectivity index (χ3n) is 2.12. The first-order valence-electron chi connectivity index (χ1n) is 4.31. The van der Waals surface area contributed by atoms with Crippen molar-refractivity contribution in [3.05, 3.63) is 34.6 Å². The van der Waals surface area contributed by atoms with Crippen LogP contribution in [0.1, 0.15) is 0 Å². The van der Waals surface area contributed by atoms with Gasteiger partial charge in [0, 0.05) is 22.7 Å². The van der Waals surface area contributed by atoms with Crippen LogP contribution in [-0.2, 0) is 7.05 Å². The van der Waals surface area contributed by atoms with Crippen LogP contribution < -0.4 is 5.73 Å². The first-order chi connectivity index (χ1) is 7.08. The molecule has 0 bridgehead atoms. The second-order valence-electron chi connectivity index (χ2n) is 3.25. The SMILES string of the molecule is Cn1cnc(-c2cc(Cl)cc(Cl)c2)c1N. The summed E-state index contributed by atoms with van der Waals surface area (Å²) in [5.41, 5.74) is 7.37. The average molecular weight is 242 g/mol. The van der Waals surface area contributed by atoms with Crippen molar-refractivity contribution in [3.8, 4) is 11.3 Å². The zero-order chi connectivity index (χ0) is 11.0. The molecule has 1 heterocycles. The Morgan fingerprint density at radius 1 is 1.20 bits per heavy atom. The van der Waals surface area contributed by atoms with Crippen molar-refractivity contribution in [2.24, 2.45) is 7.05 Å². The molecule has 0 radical (unpaired) electrons. The van der Waals surface area contributed by atoms with Crippen molar-refractivity contribution in [2.75, 3.05) is 5.73 Å². The van der Waals surface area contributed by atoms with Gasteiger partial charge in [0.2, 0.25) is 0 Å². The summed E-state index contributed by atoms with van der Waals surface area (Å²) in [5, 5.41) is 1.14. The smallest absolute Gasteiger partial charge is 0.131 e. The molecule has 0 spiro atoms. The number of nitrogen functional groups attached to an aromatic ring is 1. The molecule has 1 aromatic heterocycles. The van der Waals surface area contributed by atoms with Gasteiger partial charge in [0.1, 0.15) is 11.5 Å². The van der Waals surface area contributed by atoms with Gasteiger partial charge in [-0.3, -0.25) is 0 Å². The van der Waals surface area contributed by atoms with Gasteiger partial charge in [-0.25, -0.2) is 4.98 Å². The largest absolute Gasteiger partial charge is 0.383 e. The third-order valence-corrected chi connectivity index (χ3v) is 2.56. The van der Waals surface area contributed by atoms with Gasteiger partial charge in [-0.15, -0.1) is 0 Å². The first kappa shape index (κ1) is 10.3. The normalized spacial score (nSPS) is 10.6. The van der Waals surface area contributed by atoms with E-state index in [1.165, 1.54) is 0 Å². The van der Waals surface area contributed by atoms with Crippen LogP contribution in [0.2, 0.25) is 10.0 Å². The van der Waals surface area contributed by atoms with Gasteiger partial charge in [0.25, 0.3) is 0 Å². The van der Waals surface area contributed by atoms with Gasteiger partial charge in [-0.05, 0) is 18.2 Å². The summed E-state index contributed by atoms with van der Waals surface area (Å²) in [5.74, 6) is 0.591. The lowest BCUT2D eigenvalue weighted by Gasteiger charge is -2.02. The molecule has 0 aliphatic rings. The van der Waals surface area contributed by atoms with E-state index in [4.69, 9.17) is 28.9 Å². The van der Waals surface area contributed by atoms with Crippen LogP contribution in [0, 0.1) is 0 Å². The van der Waals surface area contributed by atoms with Gasteiger partial charge < -0.3 is 10.3 Å². The number of hydrogen-bond acceptors (Lipinski definition) is 2. The molecule has 0 amide bonds. The summed E-state index contributed by atoms with van der Waals surface area (Å²) < 4.78 is 1.74. The van der Waals surface area contributed by atoms with E-state index in [9.17, 15) is 0 Å². The Morgan fingerprint density at radius 2 is 1.80 bits per heavy atom. The molecule has 5 heteroatoms. The second kappa shape index (κ2) is 3.76. The van der Waals surface area contributed by atoms with E-state index in [1.807, 2.05) is 7.05 Å². The predicted octanol–water partition coefficient (Wildman–Crippen LogP) is 2.98. The third kappa shape index (κ3) is 1.94. The summed E-state index contributed by atoms with van der Waals surface area (Å²) in [4.78, 5) is 4.19. The number of rotatable bonds is 1. The summed E-state index contributed by atoms with van der Waals surface area (Å²) in [6.07, 6.45) is 1.65. The van der Waals surface area contributed by atoms with Gasteiger partial charge in [-0.2, -0.15) is 0 Å². The van der Waals surface area contributed by atoms with E-state index in [0.717, 1.165) is 5.56 Å². The molecule has 15 heavy (non-hydrogen) atoms. The van der Waals surface area contributed by atoms with Gasteiger partial charge >= 0.3 is 0 Å². The number of nitrogens with two attached hydrogens (primary N) is 1. The molecule has 0 atom stereocenters. The van der Waals surface area contributed by atoms with E-state index in [-0.39, 0.29) is 0 Å². The molecule has 0 unspecified atom stereocenters. The Labute approximate surface area is 97.4 Å². The standard InChI is InChI=1S/C10H9Cl2N3/c1-15-5-14-9(10(15)13)6-2-7(11)4-8(12)3-6/h2-5H,13H2,1H3. The molecular weight excluding hydrogens is 233 g/mol. The molecule has 0 saturated heterocycles. The van der Waals surface area contributed by atoms with E-state index in [0.29, 0.717) is 21.6 Å². The Morgan fingerprint density at radius 3 is 2.27 bits per heavy atom. The molecule has 0 saturated carbocycles. The fourth-order valence-electron chi connectivity index (χ4n) is 1.35. The monoisotopic (exact) mass is 241 g/mol. The fourth-order valence-corrected chi connectivity index (χ4v) is 1.88. The molecular formula is C10H9Cl2N3. The maximum atomic E-state index is 5.90. The minimum absolute atomic E-state index is 0.572. The minimum atomic E-state index is 0.572. The van der Waals surface area contributed by atoms with Crippen LogP contribution in [0.3, 0.4) is 0 Å². The number of aromatic nitrogens is 2. The molecule has 2 aromatic rings. The minimum Gasteiger partial charge on any atom is -0.383 e. The molecule has 0 aliphatic heterocycles. The predicted molar refractivity (Wildman–Crippen MR) is 63.1 cm³/mol. The topological polar surface area (TPSA) is 43.8 Å². The van der Waals surface area contributed by atoms with Crippen LogP contribution in [0.5, 0.6) is 0 Å². The van der Waals surface area contributed by atoms with Crippen LogP contribution in [0.4, 0.5) is 5.82 Å². The van der Waals surface area contributed by atoms with Gasteiger partial charge in [0.15, 0.2) is 0 Å². The van der Waals surface area contributed by atoms with Crippen LogP contribution in [0.15, 0.2) is 24.5 Å². The number of hydrogen-bond donors (Lipinski definition) is 1. The zero-order valence-electron chi connectivity index (χ0n) is 8.04. The zero-order valence-corrected chi connectivity index (χ0v) is 9.55. The summed E-state index contributed by atoms with van der Waals surface area (Å²) in [6, 6.07) is 5.24. The molecule has 0 aliphatic carbocycles. The molecule has 0 fully saturated rings. The highest BCUT2D eigenvalue weighted by Gasteiger charge is 2.09. The van der Waals surface area contributed by atoms with Gasteiger partial charge in [-0.1, -0.05) is 23.2 Å². The van der Waals surface area contributed by atoms with E-state index in [2.05, 4.69) is 4.98 Å². The van der Waals surface area contributed by atoms with Crippen molar-refractivity contribution >= 4 is 29.0 Å². The van der Waals surface area contributed by atoms with Crippen molar-refractivity contribution in [2.45, 2.75) is 0 Å². The summed E-state index contributed by atoms with van der Waals surface area (Å²) in [7, 11) is 1.83. The van der Waals surface area contributed by atoms with E-state index in [1.54, 1.807) is 29.1 Å². The van der Waals surface area contributed by atoms with Crippen molar-refractivity contribution in [3.63, 3.8) is 0 Å². The number of benzene rings is 1. The Balaban J connectivity index is 2.58. The maximum absolute atomic E-state index is 5.90. The van der Waals surface area contributed by atoms with E-state index < -0.39 is 0 Å². The Hall–Kier alpha value is -1.19. The lowest BCUT2D eigenvalue weighted by Crippen LogP contribution is -1.95. The first-order valence-corrected chi connectivity index (χ1v) is 5.07. The fraction of sp³-hybridized carbons (Fsp3) is 0.100. The number of aryl methyl sites for hydroxylation is 1. The highest BCUT2D eigenvalue weighted by atomic mass is 35.5. The lowest BCUT2D eigenvalue weighted by molar-refractivity contribution is 0.925. The molecule has 2 rings (SSSR count). The number of anilines is 1. The summed E-state index contributed by atoms with van der Waals surface area (Å²) in [6.45, 7) is 0. The number of nitrogens with zero attached hydrogens (tertiary/aromatic N) is 2. The maximum Gasteiger partial charge on any atom is 0.131 e. The second-order valence-corrected chi connectivity index (χ2v) is 4.12. The van der Waals surface area contributed by atoms with Crippen LogP contribution in [-0.4, -0.2) is 9.55 Å². The lowest BCUT2D eigenvalue weighted by atomic mass is 10.1. The summed E-state index contributed by atoms with van der Waals surface area (Å²) >= 11 is 11.8. The average Bonchev–Trinajstić information content (AvgIpc) is 2.46. The number of halogens is 2. The molecule has 78 valence electrons. The quantitative estimate of drug-likeness (QED) is 0.835. The van der Waals surface area contributed by atoms with Crippen LogP contribution in [0.25, 0.3) is 11.3 Å². The van der Waals surface area contributed by atoms with Crippen LogP contribution >= 0.6 is 23.2 Å². The molecule has 3 nitrogen and oxygen atoms in total. The highest BCUT2D eigenvalue weighted by molar-refractivity contribution is 6.35. The highest BCUT2D eigenvalue weighted by Crippen LogP contribution is 2.29. The Bertz CT molecular complexity index is 485. The Kier molecular flexibility index (Phi) is 2.59. The van der Waals surface area contributed by atoms with Crippen molar-refractivity contribution in [1.29, 1.82) is 0 Å². The van der Waals surface area contributed by atoms with Gasteiger partial charge in [0.05, 0.1) is 6.33 Å². The van der Waals surface area contributed by atoms with E-state index >= 15 is 0 Å². The molecule has 2 N–H and O–H groups in total. The van der Waals surface area contributed by atoms with Crippen molar-refractivity contribution in [1.82, 2.24) is 9.55 Å². The number of imidazole rings is 1.